The monoisotopic (exact) mass is 264 g/mol. The number of benzene rings is 1. The molecule has 94 valence electrons. The fourth-order valence-electron chi connectivity index (χ4n) is 1.52. The first-order valence-electron chi connectivity index (χ1n) is 5.31. The summed E-state index contributed by atoms with van der Waals surface area (Å²) in [7, 11) is 0. The summed E-state index contributed by atoms with van der Waals surface area (Å²) in [5.74, 6) is 0.517. The quantitative estimate of drug-likeness (QED) is 0.659. The third-order valence-corrected chi connectivity index (χ3v) is 2.93. The Morgan fingerprint density at radius 2 is 2.11 bits per heavy atom. The average molecular weight is 264 g/mol. The fourth-order valence-corrected chi connectivity index (χ4v) is 1.90. The van der Waals surface area contributed by atoms with Crippen molar-refractivity contribution in [1.82, 2.24) is 9.97 Å². The molecule has 6 heteroatoms. The molecule has 0 spiro atoms. The van der Waals surface area contributed by atoms with Gasteiger partial charge in [-0.05, 0) is 24.8 Å². The molecule has 18 heavy (non-hydrogen) atoms. The maximum absolute atomic E-state index is 13.7. The van der Waals surface area contributed by atoms with Crippen LogP contribution in [0, 0.1) is 12.7 Å². The van der Waals surface area contributed by atoms with Gasteiger partial charge in [0.2, 0.25) is 0 Å². The van der Waals surface area contributed by atoms with Crippen molar-refractivity contribution in [2.45, 2.75) is 12.1 Å². The predicted octanol–water partition coefficient (Wildman–Crippen LogP) is 2.97. The molecule has 0 radical (unpaired) electrons. The average Bonchev–Trinajstić information content (AvgIpc) is 2.33. The molecule has 1 aromatic heterocycles. The lowest BCUT2D eigenvalue weighted by Gasteiger charge is -2.10. The second-order valence-electron chi connectivity index (χ2n) is 3.72. The van der Waals surface area contributed by atoms with Gasteiger partial charge in [0, 0.05) is 6.07 Å². The Kier molecular flexibility index (Phi) is 3.66. The summed E-state index contributed by atoms with van der Waals surface area (Å²) in [5, 5.41) is 3.48. The highest BCUT2D eigenvalue weighted by Crippen LogP contribution is 2.24. The van der Waals surface area contributed by atoms with Crippen molar-refractivity contribution in [1.29, 1.82) is 0 Å². The summed E-state index contributed by atoms with van der Waals surface area (Å²) in [6.45, 7) is 1.82. The van der Waals surface area contributed by atoms with E-state index in [4.69, 9.17) is 5.73 Å². The van der Waals surface area contributed by atoms with Crippen LogP contribution in [-0.4, -0.2) is 16.2 Å². The summed E-state index contributed by atoms with van der Waals surface area (Å²) in [5.41, 5.74) is 6.88. The standard InChI is InChI=1S/C12H13FN4S/c1-7-4-3-5-8(13)11(7)16-10-6-9(14)15-12(17-10)18-2/h3-6H,1-2H3,(H3,14,15,16,17). The highest BCUT2D eigenvalue weighted by Gasteiger charge is 2.08. The third kappa shape index (κ3) is 2.70. The minimum Gasteiger partial charge on any atom is -0.383 e. The van der Waals surface area contributed by atoms with E-state index in [1.54, 1.807) is 12.1 Å². The molecule has 2 rings (SSSR count). The molecule has 0 fully saturated rings. The summed E-state index contributed by atoms with van der Waals surface area (Å²) in [4.78, 5) is 8.26. The van der Waals surface area contributed by atoms with Crippen molar-refractivity contribution in [3.8, 4) is 0 Å². The number of rotatable bonds is 3. The number of hydrogen-bond acceptors (Lipinski definition) is 5. The zero-order chi connectivity index (χ0) is 13.1. The molecule has 0 bridgehead atoms. The summed E-state index contributed by atoms with van der Waals surface area (Å²) in [6, 6.07) is 6.46. The molecular formula is C12H13FN4S. The smallest absolute Gasteiger partial charge is 0.191 e. The Bertz CT molecular complexity index is 554. The van der Waals surface area contributed by atoms with E-state index >= 15 is 0 Å². The van der Waals surface area contributed by atoms with E-state index < -0.39 is 0 Å². The molecule has 1 aromatic carbocycles. The van der Waals surface area contributed by atoms with Gasteiger partial charge in [-0.1, -0.05) is 23.9 Å². The number of hydrogen-bond donors (Lipinski definition) is 2. The van der Waals surface area contributed by atoms with Crippen LogP contribution in [0.25, 0.3) is 0 Å². The molecular weight excluding hydrogens is 251 g/mol. The maximum Gasteiger partial charge on any atom is 0.191 e. The number of para-hydroxylation sites is 1. The van der Waals surface area contributed by atoms with E-state index in [1.807, 2.05) is 19.2 Å². The number of nitrogens with zero attached hydrogens (tertiary/aromatic N) is 2. The number of anilines is 3. The number of thioether (sulfide) groups is 1. The molecule has 0 aliphatic rings. The molecule has 3 N–H and O–H groups in total. The lowest BCUT2D eigenvalue weighted by Crippen LogP contribution is -2.02. The van der Waals surface area contributed by atoms with Gasteiger partial charge in [0.15, 0.2) is 5.16 Å². The number of nitrogens with two attached hydrogens (primary N) is 1. The van der Waals surface area contributed by atoms with Crippen LogP contribution in [0.1, 0.15) is 5.56 Å². The first kappa shape index (κ1) is 12.6. The lowest BCUT2D eigenvalue weighted by atomic mass is 10.2. The van der Waals surface area contributed by atoms with Crippen LogP contribution >= 0.6 is 11.8 Å². The van der Waals surface area contributed by atoms with Gasteiger partial charge < -0.3 is 11.1 Å². The van der Waals surface area contributed by atoms with Crippen LogP contribution in [0.2, 0.25) is 0 Å². The predicted molar refractivity (Wildman–Crippen MR) is 72.6 cm³/mol. The summed E-state index contributed by atoms with van der Waals surface area (Å²) in [6.07, 6.45) is 1.85. The molecule has 0 amide bonds. The zero-order valence-corrected chi connectivity index (χ0v) is 10.9. The normalized spacial score (nSPS) is 10.4. The van der Waals surface area contributed by atoms with Crippen molar-refractivity contribution in [2.24, 2.45) is 0 Å². The Labute approximate surface area is 109 Å². The fraction of sp³-hybridized carbons (Fsp3) is 0.167. The number of aromatic nitrogens is 2. The third-order valence-electron chi connectivity index (χ3n) is 2.38. The zero-order valence-electron chi connectivity index (χ0n) is 10.1. The minimum absolute atomic E-state index is 0.321. The van der Waals surface area contributed by atoms with E-state index in [-0.39, 0.29) is 5.82 Å². The van der Waals surface area contributed by atoms with Crippen molar-refractivity contribution in [2.75, 3.05) is 17.3 Å². The van der Waals surface area contributed by atoms with Crippen molar-refractivity contribution in [3.05, 3.63) is 35.6 Å². The van der Waals surface area contributed by atoms with Gasteiger partial charge in [0.05, 0.1) is 5.69 Å². The van der Waals surface area contributed by atoms with Gasteiger partial charge in [0.25, 0.3) is 0 Å². The van der Waals surface area contributed by atoms with Crippen LogP contribution in [0.5, 0.6) is 0 Å². The lowest BCUT2D eigenvalue weighted by molar-refractivity contribution is 0.630. The van der Waals surface area contributed by atoms with Crippen LogP contribution in [-0.2, 0) is 0 Å². The first-order chi connectivity index (χ1) is 8.60. The van der Waals surface area contributed by atoms with Crippen LogP contribution in [0.3, 0.4) is 0 Å². The van der Waals surface area contributed by atoms with Gasteiger partial charge in [-0.15, -0.1) is 0 Å². The van der Waals surface area contributed by atoms with E-state index in [2.05, 4.69) is 15.3 Å². The van der Waals surface area contributed by atoms with E-state index in [1.165, 1.54) is 17.8 Å². The molecule has 0 unspecified atom stereocenters. The SMILES string of the molecule is CSc1nc(N)cc(Nc2c(C)cccc2F)n1. The number of aryl methyl sites for hydroxylation is 1. The highest BCUT2D eigenvalue weighted by molar-refractivity contribution is 7.98. The van der Waals surface area contributed by atoms with Crippen LogP contribution in [0.4, 0.5) is 21.7 Å². The Morgan fingerprint density at radius 1 is 1.33 bits per heavy atom. The molecule has 4 nitrogen and oxygen atoms in total. The Morgan fingerprint density at radius 3 is 2.78 bits per heavy atom. The molecule has 0 aliphatic carbocycles. The molecule has 0 aliphatic heterocycles. The highest BCUT2D eigenvalue weighted by atomic mass is 32.2. The Hall–Kier alpha value is -1.82. The topological polar surface area (TPSA) is 63.8 Å². The van der Waals surface area contributed by atoms with Gasteiger partial charge >= 0.3 is 0 Å². The molecule has 2 aromatic rings. The first-order valence-corrected chi connectivity index (χ1v) is 6.53. The van der Waals surface area contributed by atoms with E-state index in [9.17, 15) is 4.39 Å². The van der Waals surface area contributed by atoms with E-state index in [0.29, 0.717) is 22.5 Å². The molecule has 1 heterocycles. The van der Waals surface area contributed by atoms with Crippen LogP contribution in [0.15, 0.2) is 29.4 Å². The number of halogens is 1. The molecule has 0 atom stereocenters. The van der Waals surface area contributed by atoms with Gasteiger partial charge in [-0.3, -0.25) is 0 Å². The van der Waals surface area contributed by atoms with Crippen molar-refractivity contribution >= 4 is 29.1 Å². The van der Waals surface area contributed by atoms with Crippen molar-refractivity contribution in [3.63, 3.8) is 0 Å². The summed E-state index contributed by atoms with van der Waals surface area (Å²) >= 11 is 1.38. The maximum atomic E-state index is 13.7. The van der Waals surface area contributed by atoms with Gasteiger partial charge in [-0.2, -0.15) is 0 Å². The second kappa shape index (κ2) is 5.22. The largest absolute Gasteiger partial charge is 0.383 e. The van der Waals surface area contributed by atoms with Gasteiger partial charge in [-0.25, -0.2) is 14.4 Å². The number of nitrogens with one attached hydrogen (secondary N) is 1. The minimum atomic E-state index is -0.321. The number of nitrogen functional groups attached to an aromatic ring is 1. The molecule has 0 saturated heterocycles. The molecule has 0 saturated carbocycles. The van der Waals surface area contributed by atoms with Crippen LogP contribution < -0.4 is 11.1 Å². The summed E-state index contributed by atoms with van der Waals surface area (Å²) < 4.78 is 13.7. The Balaban J connectivity index is 2.37. The van der Waals surface area contributed by atoms with Crippen molar-refractivity contribution < 1.29 is 4.39 Å². The second-order valence-corrected chi connectivity index (χ2v) is 4.49. The van der Waals surface area contributed by atoms with Gasteiger partial charge in [0.1, 0.15) is 17.5 Å². The van der Waals surface area contributed by atoms with E-state index in [0.717, 1.165) is 5.56 Å².